The zero-order valence-corrected chi connectivity index (χ0v) is 14.9. The maximum atomic E-state index is 12.6. The van der Waals surface area contributed by atoms with E-state index in [1.807, 2.05) is 66.7 Å². The van der Waals surface area contributed by atoms with Crippen molar-refractivity contribution in [3.8, 4) is 11.5 Å². The van der Waals surface area contributed by atoms with Crippen LogP contribution >= 0.6 is 0 Å². The zero-order chi connectivity index (χ0) is 18.9. The Morgan fingerprint density at radius 3 is 2.44 bits per heavy atom. The molecule has 27 heavy (non-hydrogen) atoms. The molecule has 0 aliphatic carbocycles. The van der Waals surface area contributed by atoms with Gasteiger partial charge in [0.15, 0.2) is 0 Å². The molecule has 4 nitrogen and oxygen atoms in total. The Morgan fingerprint density at radius 1 is 0.889 bits per heavy atom. The number of hydrogen-bond donors (Lipinski definition) is 1. The third kappa shape index (κ3) is 5.22. The highest BCUT2D eigenvalue weighted by molar-refractivity contribution is 6.06. The lowest BCUT2D eigenvalue weighted by molar-refractivity contribution is 0.102. The lowest BCUT2D eigenvalue weighted by atomic mass is 10.1. The molecule has 0 radical (unpaired) electrons. The summed E-state index contributed by atoms with van der Waals surface area (Å²) in [6.45, 7) is 4.47. The van der Waals surface area contributed by atoms with Crippen LogP contribution in [0.2, 0.25) is 0 Å². The molecule has 0 atom stereocenters. The number of carbonyl (C=O) groups excluding carboxylic acids is 1. The first-order chi connectivity index (χ1) is 13.3. The first kappa shape index (κ1) is 18.3. The van der Waals surface area contributed by atoms with E-state index in [4.69, 9.17) is 9.47 Å². The number of anilines is 1. The molecular weight excluding hydrogens is 338 g/mol. The van der Waals surface area contributed by atoms with Crippen molar-refractivity contribution in [2.75, 3.05) is 18.5 Å². The summed E-state index contributed by atoms with van der Waals surface area (Å²) in [7, 11) is 0. The van der Waals surface area contributed by atoms with Gasteiger partial charge in [-0.25, -0.2) is 0 Å². The molecule has 0 spiro atoms. The smallest absolute Gasteiger partial charge is 0.259 e. The van der Waals surface area contributed by atoms with E-state index in [1.54, 1.807) is 18.2 Å². The van der Waals surface area contributed by atoms with Crippen molar-refractivity contribution in [1.82, 2.24) is 0 Å². The number of amides is 1. The number of carbonyl (C=O) groups is 1. The summed E-state index contributed by atoms with van der Waals surface area (Å²) >= 11 is 0. The van der Waals surface area contributed by atoms with Crippen LogP contribution in [0.25, 0.3) is 6.08 Å². The zero-order valence-electron chi connectivity index (χ0n) is 14.9. The quantitative estimate of drug-likeness (QED) is 0.573. The molecule has 3 aromatic carbocycles. The van der Waals surface area contributed by atoms with Crippen LogP contribution in [0.15, 0.2) is 85.4 Å². The average molecular weight is 359 g/mol. The third-order valence-corrected chi connectivity index (χ3v) is 3.86. The third-order valence-electron chi connectivity index (χ3n) is 3.86. The maximum Gasteiger partial charge on any atom is 0.259 e. The largest absolute Gasteiger partial charge is 0.490 e. The molecule has 0 bridgehead atoms. The number of nitrogens with one attached hydrogen (secondary N) is 1. The highest BCUT2D eigenvalue weighted by Crippen LogP contribution is 2.20. The Kier molecular flexibility index (Phi) is 6.26. The van der Waals surface area contributed by atoms with Gasteiger partial charge >= 0.3 is 0 Å². The van der Waals surface area contributed by atoms with Crippen molar-refractivity contribution in [1.29, 1.82) is 0 Å². The van der Waals surface area contributed by atoms with Gasteiger partial charge in [0.1, 0.15) is 24.7 Å². The predicted molar refractivity (Wildman–Crippen MR) is 108 cm³/mol. The number of ether oxygens (including phenoxy) is 2. The minimum absolute atomic E-state index is 0.226. The molecular formula is C23H21NO3. The molecule has 3 aromatic rings. The lowest BCUT2D eigenvalue weighted by Crippen LogP contribution is -2.15. The maximum absolute atomic E-state index is 12.6. The number of para-hydroxylation sites is 2. The van der Waals surface area contributed by atoms with Crippen LogP contribution in [0.5, 0.6) is 11.5 Å². The van der Waals surface area contributed by atoms with Gasteiger partial charge in [0.05, 0.1) is 5.56 Å². The van der Waals surface area contributed by atoms with Gasteiger partial charge in [0, 0.05) is 5.69 Å². The number of benzene rings is 3. The molecule has 0 unspecified atom stereocenters. The molecule has 1 amide bonds. The fourth-order valence-electron chi connectivity index (χ4n) is 2.55. The van der Waals surface area contributed by atoms with Crippen LogP contribution in [-0.4, -0.2) is 19.1 Å². The van der Waals surface area contributed by atoms with E-state index >= 15 is 0 Å². The van der Waals surface area contributed by atoms with Crippen molar-refractivity contribution < 1.29 is 14.3 Å². The molecule has 0 aliphatic rings. The highest BCUT2D eigenvalue weighted by Gasteiger charge is 2.12. The van der Waals surface area contributed by atoms with E-state index in [9.17, 15) is 4.79 Å². The van der Waals surface area contributed by atoms with Crippen molar-refractivity contribution in [3.63, 3.8) is 0 Å². The second-order valence-corrected chi connectivity index (χ2v) is 5.79. The summed E-state index contributed by atoms with van der Waals surface area (Å²) in [6, 6.07) is 24.2. The van der Waals surface area contributed by atoms with Crippen LogP contribution in [0.3, 0.4) is 0 Å². The number of hydrogen-bond acceptors (Lipinski definition) is 3. The summed E-state index contributed by atoms with van der Waals surface area (Å²) in [5, 5.41) is 2.89. The molecule has 0 fully saturated rings. The van der Waals surface area contributed by atoms with Gasteiger partial charge in [-0.2, -0.15) is 0 Å². The second kappa shape index (κ2) is 9.25. The minimum Gasteiger partial charge on any atom is -0.490 e. The SMILES string of the molecule is C=Cc1cccc(NC(=O)c2ccccc2OCCOc2ccccc2)c1. The Hall–Kier alpha value is -3.53. The Morgan fingerprint density at radius 2 is 1.63 bits per heavy atom. The normalized spacial score (nSPS) is 10.1. The Labute approximate surface area is 159 Å². The standard InChI is InChI=1S/C23H21NO3/c1-2-18-9-8-10-19(17-18)24-23(25)21-13-6-7-14-22(21)27-16-15-26-20-11-4-3-5-12-20/h2-14,17H,1,15-16H2,(H,24,25). The predicted octanol–water partition coefficient (Wildman–Crippen LogP) is 5.04. The van der Waals surface area contributed by atoms with Gasteiger partial charge in [-0.05, 0) is 42.0 Å². The van der Waals surface area contributed by atoms with Crippen molar-refractivity contribution in [3.05, 3.63) is 96.6 Å². The molecule has 3 rings (SSSR count). The van der Waals surface area contributed by atoms with Gasteiger partial charge in [-0.15, -0.1) is 0 Å². The second-order valence-electron chi connectivity index (χ2n) is 5.79. The number of rotatable bonds is 8. The van der Waals surface area contributed by atoms with Gasteiger partial charge in [-0.3, -0.25) is 4.79 Å². The molecule has 136 valence electrons. The first-order valence-corrected chi connectivity index (χ1v) is 8.70. The summed E-state index contributed by atoms with van der Waals surface area (Å²) < 4.78 is 11.4. The van der Waals surface area contributed by atoms with Gasteiger partial charge < -0.3 is 14.8 Å². The average Bonchev–Trinajstić information content (AvgIpc) is 2.72. The fourth-order valence-corrected chi connectivity index (χ4v) is 2.55. The monoisotopic (exact) mass is 359 g/mol. The Balaban J connectivity index is 1.60. The minimum atomic E-state index is -0.226. The Bertz CT molecular complexity index is 906. The van der Waals surface area contributed by atoms with E-state index in [2.05, 4.69) is 11.9 Å². The van der Waals surface area contributed by atoms with Crippen LogP contribution in [-0.2, 0) is 0 Å². The fraction of sp³-hybridized carbons (Fsp3) is 0.0870. The van der Waals surface area contributed by atoms with E-state index in [0.717, 1.165) is 11.3 Å². The van der Waals surface area contributed by atoms with E-state index in [0.29, 0.717) is 30.2 Å². The van der Waals surface area contributed by atoms with Crippen LogP contribution < -0.4 is 14.8 Å². The van der Waals surface area contributed by atoms with Gasteiger partial charge in [0.25, 0.3) is 5.91 Å². The molecule has 0 saturated carbocycles. The molecule has 4 heteroatoms. The van der Waals surface area contributed by atoms with Crippen molar-refractivity contribution >= 4 is 17.7 Å². The van der Waals surface area contributed by atoms with Crippen LogP contribution in [0.4, 0.5) is 5.69 Å². The van der Waals surface area contributed by atoms with Gasteiger partial charge in [-0.1, -0.05) is 55.1 Å². The van der Waals surface area contributed by atoms with Crippen LogP contribution in [0, 0.1) is 0 Å². The summed E-state index contributed by atoms with van der Waals surface area (Å²) in [6.07, 6.45) is 1.74. The molecule has 0 aliphatic heterocycles. The van der Waals surface area contributed by atoms with Crippen LogP contribution in [0.1, 0.15) is 15.9 Å². The van der Waals surface area contributed by atoms with E-state index < -0.39 is 0 Å². The highest BCUT2D eigenvalue weighted by atomic mass is 16.5. The molecule has 0 aromatic heterocycles. The molecule has 0 saturated heterocycles. The lowest BCUT2D eigenvalue weighted by Gasteiger charge is -2.12. The first-order valence-electron chi connectivity index (χ1n) is 8.70. The topological polar surface area (TPSA) is 47.6 Å². The summed E-state index contributed by atoms with van der Waals surface area (Å²) in [5.41, 5.74) is 2.12. The van der Waals surface area contributed by atoms with E-state index in [-0.39, 0.29) is 5.91 Å². The van der Waals surface area contributed by atoms with Crippen molar-refractivity contribution in [2.45, 2.75) is 0 Å². The van der Waals surface area contributed by atoms with Gasteiger partial charge in [0.2, 0.25) is 0 Å². The van der Waals surface area contributed by atoms with E-state index in [1.165, 1.54) is 0 Å². The summed E-state index contributed by atoms with van der Waals surface area (Å²) in [4.78, 5) is 12.6. The molecule has 0 heterocycles. The summed E-state index contributed by atoms with van der Waals surface area (Å²) in [5.74, 6) is 1.08. The molecule has 1 N–H and O–H groups in total. The van der Waals surface area contributed by atoms with Crippen molar-refractivity contribution in [2.24, 2.45) is 0 Å².